The number of carbonyl (C=O) groups excluding carboxylic acids is 1. The Hall–Kier alpha value is -2.13. The highest BCUT2D eigenvalue weighted by atomic mass is 16.1. The van der Waals surface area contributed by atoms with Crippen molar-refractivity contribution in [2.75, 3.05) is 31.1 Å². The van der Waals surface area contributed by atoms with Crippen LogP contribution in [0.4, 0.5) is 5.69 Å². The van der Waals surface area contributed by atoms with Crippen LogP contribution in [-0.2, 0) is 0 Å². The van der Waals surface area contributed by atoms with E-state index in [0.717, 1.165) is 42.2 Å². The summed E-state index contributed by atoms with van der Waals surface area (Å²) in [5.74, 6) is 0. The van der Waals surface area contributed by atoms with Crippen molar-refractivity contribution in [1.29, 1.82) is 0 Å². The molecule has 0 aliphatic carbocycles. The van der Waals surface area contributed by atoms with E-state index in [2.05, 4.69) is 59.2 Å². The number of rotatable bonds is 4. The molecule has 2 aromatic carbocycles. The lowest BCUT2D eigenvalue weighted by atomic mass is 9.97. The third kappa shape index (κ3) is 3.41. The first-order chi connectivity index (χ1) is 12.8. The van der Waals surface area contributed by atoms with Crippen LogP contribution >= 0.6 is 0 Å². The van der Waals surface area contributed by atoms with Gasteiger partial charge in [0.15, 0.2) is 6.29 Å². The van der Waals surface area contributed by atoms with Crippen LogP contribution in [0.1, 0.15) is 41.6 Å². The zero-order chi connectivity index (χ0) is 17.9. The second kappa shape index (κ2) is 7.63. The minimum absolute atomic E-state index is 0.736. The Balaban J connectivity index is 1.52. The fraction of sp³-hybridized carbons (Fsp3) is 0.435. The van der Waals surface area contributed by atoms with E-state index in [9.17, 15) is 4.79 Å². The van der Waals surface area contributed by atoms with Crippen molar-refractivity contribution >= 4 is 12.0 Å². The SMILES string of the molecule is Cc1ccccc1-c1ccc(N2CCC(N3CCCC3)CC2)c(C=O)c1. The van der Waals surface area contributed by atoms with Gasteiger partial charge in [-0.05, 0) is 74.5 Å². The molecular formula is C23H28N2O. The summed E-state index contributed by atoms with van der Waals surface area (Å²) < 4.78 is 0. The molecule has 0 spiro atoms. The maximum Gasteiger partial charge on any atom is 0.152 e. The molecule has 2 aliphatic rings. The van der Waals surface area contributed by atoms with Crippen molar-refractivity contribution in [1.82, 2.24) is 4.90 Å². The smallest absolute Gasteiger partial charge is 0.152 e. The second-order valence-electron chi connectivity index (χ2n) is 7.67. The molecule has 0 N–H and O–H groups in total. The third-order valence-corrected chi connectivity index (χ3v) is 6.07. The van der Waals surface area contributed by atoms with Gasteiger partial charge in [0, 0.05) is 30.4 Å². The summed E-state index contributed by atoms with van der Waals surface area (Å²) in [7, 11) is 0. The molecule has 136 valence electrons. The van der Waals surface area contributed by atoms with Gasteiger partial charge in [0.1, 0.15) is 0 Å². The molecule has 2 saturated heterocycles. The van der Waals surface area contributed by atoms with E-state index in [1.165, 1.54) is 49.9 Å². The first kappa shape index (κ1) is 17.3. The summed E-state index contributed by atoms with van der Waals surface area (Å²) >= 11 is 0. The topological polar surface area (TPSA) is 23.6 Å². The quantitative estimate of drug-likeness (QED) is 0.758. The number of likely N-dealkylation sites (tertiary alicyclic amines) is 1. The highest BCUT2D eigenvalue weighted by Crippen LogP contribution is 2.31. The molecule has 3 heteroatoms. The van der Waals surface area contributed by atoms with Gasteiger partial charge >= 0.3 is 0 Å². The molecule has 0 atom stereocenters. The number of anilines is 1. The zero-order valence-corrected chi connectivity index (χ0v) is 15.7. The van der Waals surface area contributed by atoms with Gasteiger partial charge in [-0.15, -0.1) is 0 Å². The number of carbonyl (C=O) groups is 1. The summed E-state index contributed by atoms with van der Waals surface area (Å²) in [6, 6.07) is 15.4. The molecule has 0 saturated carbocycles. The summed E-state index contributed by atoms with van der Waals surface area (Å²) in [6.45, 7) is 6.76. The second-order valence-corrected chi connectivity index (χ2v) is 7.67. The van der Waals surface area contributed by atoms with E-state index in [0.29, 0.717) is 0 Å². The average molecular weight is 348 g/mol. The molecule has 26 heavy (non-hydrogen) atoms. The van der Waals surface area contributed by atoms with Crippen LogP contribution in [0.15, 0.2) is 42.5 Å². The number of piperidine rings is 1. The largest absolute Gasteiger partial charge is 0.371 e. The van der Waals surface area contributed by atoms with Crippen LogP contribution in [0.2, 0.25) is 0 Å². The summed E-state index contributed by atoms with van der Waals surface area (Å²) in [6.07, 6.45) is 6.14. The van der Waals surface area contributed by atoms with Gasteiger partial charge in [0.05, 0.1) is 0 Å². The molecule has 0 unspecified atom stereocenters. The van der Waals surface area contributed by atoms with Gasteiger partial charge < -0.3 is 9.80 Å². The molecule has 0 aromatic heterocycles. The number of aldehydes is 1. The van der Waals surface area contributed by atoms with E-state index < -0.39 is 0 Å². The normalized spacial score (nSPS) is 19.0. The van der Waals surface area contributed by atoms with Gasteiger partial charge in [0.2, 0.25) is 0 Å². The average Bonchev–Trinajstić information content (AvgIpc) is 3.23. The lowest BCUT2D eigenvalue weighted by molar-refractivity contribution is 0.112. The van der Waals surface area contributed by atoms with Crippen LogP contribution in [0, 0.1) is 6.92 Å². The highest BCUT2D eigenvalue weighted by molar-refractivity contribution is 5.88. The molecular weight excluding hydrogens is 320 g/mol. The Kier molecular flexibility index (Phi) is 5.07. The lowest BCUT2D eigenvalue weighted by Gasteiger charge is -2.38. The van der Waals surface area contributed by atoms with Crippen LogP contribution in [0.25, 0.3) is 11.1 Å². The third-order valence-electron chi connectivity index (χ3n) is 6.07. The van der Waals surface area contributed by atoms with Crippen molar-refractivity contribution < 1.29 is 4.79 Å². The van der Waals surface area contributed by atoms with Gasteiger partial charge in [-0.2, -0.15) is 0 Å². The van der Waals surface area contributed by atoms with E-state index in [1.807, 2.05) is 0 Å². The Morgan fingerprint density at radius 3 is 2.38 bits per heavy atom. The summed E-state index contributed by atoms with van der Waals surface area (Å²) in [4.78, 5) is 16.8. The van der Waals surface area contributed by atoms with Crippen LogP contribution < -0.4 is 4.90 Å². The Bertz CT molecular complexity index is 772. The fourth-order valence-electron chi connectivity index (χ4n) is 4.58. The van der Waals surface area contributed by atoms with Crippen molar-refractivity contribution in [3.8, 4) is 11.1 Å². The number of aryl methyl sites for hydroxylation is 1. The zero-order valence-electron chi connectivity index (χ0n) is 15.7. The molecule has 0 radical (unpaired) electrons. The van der Waals surface area contributed by atoms with Crippen LogP contribution in [-0.4, -0.2) is 43.4 Å². The highest BCUT2D eigenvalue weighted by Gasteiger charge is 2.27. The Labute approximate surface area is 156 Å². The molecule has 2 heterocycles. The number of benzene rings is 2. The minimum Gasteiger partial charge on any atom is -0.371 e. The molecule has 2 aromatic rings. The number of hydrogen-bond acceptors (Lipinski definition) is 3. The standard InChI is InChI=1S/C23H28N2O/c1-18-6-2-3-7-22(18)19-8-9-23(20(16-19)17-26)25-14-10-21(11-15-25)24-12-4-5-13-24/h2-3,6-9,16-17,21H,4-5,10-15H2,1H3. The van der Waals surface area contributed by atoms with Crippen molar-refractivity contribution in [2.45, 2.75) is 38.6 Å². The molecule has 2 fully saturated rings. The summed E-state index contributed by atoms with van der Waals surface area (Å²) in [5.41, 5.74) is 5.47. The van der Waals surface area contributed by atoms with Crippen molar-refractivity contribution in [2.24, 2.45) is 0 Å². The van der Waals surface area contributed by atoms with Crippen molar-refractivity contribution in [3.05, 3.63) is 53.6 Å². The summed E-state index contributed by atoms with van der Waals surface area (Å²) in [5, 5.41) is 0. The van der Waals surface area contributed by atoms with Crippen LogP contribution in [0.5, 0.6) is 0 Å². The van der Waals surface area contributed by atoms with Gasteiger partial charge in [-0.1, -0.05) is 30.3 Å². The lowest BCUT2D eigenvalue weighted by Crippen LogP contribution is -2.44. The fourth-order valence-corrected chi connectivity index (χ4v) is 4.58. The molecule has 3 nitrogen and oxygen atoms in total. The Morgan fingerprint density at radius 1 is 0.962 bits per heavy atom. The first-order valence-corrected chi connectivity index (χ1v) is 9.90. The maximum absolute atomic E-state index is 11.8. The van der Waals surface area contributed by atoms with E-state index >= 15 is 0 Å². The van der Waals surface area contributed by atoms with Gasteiger partial charge in [0.25, 0.3) is 0 Å². The predicted molar refractivity (Wildman–Crippen MR) is 108 cm³/mol. The monoisotopic (exact) mass is 348 g/mol. The predicted octanol–water partition coefficient (Wildman–Crippen LogP) is 4.54. The van der Waals surface area contributed by atoms with Crippen molar-refractivity contribution in [3.63, 3.8) is 0 Å². The van der Waals surface area contributed by atoms with Gasteiger partial charge in [-0.25, -0.2) is 0 Å². The number of nitrogens with zero attached hydrogens (tertiary/aromatic N) is 2. The molecule has 0 amide bonds. The van der Waals surface area contributed by atoms with E-state index in [1.54, 1.807) is 0 Å². The number of hydrogen-bond donors (Lipinski definition) is 0. The van der Waals surface area contributed by atoms with Crippen LogP contribution in [0.3, 0.4) is 0 Å². The van der Waals surface area contributed by atoms with Gasteiger partial charge in [-0.3, -0.25) is 4.79 Å². The molecule has 4 rings (SSSR count). The van der Waals surface area contributed by atoms with E-state index in [-0.39, 0.29) is 0 Å². The van der Waals surface area contributed by atoms with E-state index in [4.69, 9.17) is 0 Å². The maximum atomic E-state index is 11.8. The first-order valence-electron chi connectivity index (χ1n) is 9.90. The minimum atomic E-state index is 0.736. The molecule has 0 bridgehead atoms. The Morgan fingerprint density at radius 2 is 1.69 bits per heavy atom. The molecule has 2 aliphatic heterocycles.